The summed E-state index contributed by atoms with van der Waals surface area (Å²) in [6.45, 7) is 2.37. The lowest BCUT2D eigenvalue weighted by Crippen LogP contribution is -2.10. The van der Waals surface area contributed by atoms with Crippen molar-refractivity contribution in [3.63, 3.8) is 0 Å². The molecule has 0 radical (unpaired) electrons. The second-order valence-corrected chi connectivity index (χ2v) is 7.76. The van der Waals surface area contributed by atoms with E-state index in [1.807, 2.05) is 6.07 Å². The molecule has 0 aromatic heterocycles. The van der Waals surface area contributed by atoms with Crippen LogP contribution in [-0.2, 0) is 0 Å². The first-order chi connectivity index (χ1) is 13.2. The van der Waals surface area contributed by atoms with E-state index >= 15 is 0 Å². The molecule has 1 fully saturated rings. The van der Waals surface area contributed by atoms with Gasteiger partial charge in [0.2, 0.25) is 0 Å². The quantitative estimate of drug-likeness (QED) is 0.475. The van der Waals surface area contributed by atoms with Crippen LogP contribution in [0.4, 0.5) is 0 Å². The maximum absolute atomic E-state index is 5.29. The van der Waals surface area contributed by atoms with E-state index in [-0.39, 0.29) is 0 Å². The van der Waals surface area contributed by atoms with E-state index in [1.165, 1.54) is 42.0 Å². The molecular formula is C26H26O. The first kappa shape index (κ1) is 17.7. The molecule has 27 heavy (non-hydrogen) atoms. The van der Waals surface area contributed by atoms with Crippen molar-refractivity contribution in [1.82, 2.24) is 0 Å². The molecule has 4 rings (SSSR count). The van der Waals surface area contributed by atoms with Crippen molar-refractivity contribution >= 4 is 10.8 Å². The average Bonchev–Trinajstić information content (AvgIpc) is 2.72. The lowest BCUT2D eigenvalue weighted by Gasteiger charge is -2.26. The van der Waals surface area contributed by atoms with Crippen LogP contribution in [0.5, 0.6) is 5.75 Å². The van der Waals surface area contributed by atoms with Gasteiger partial charge in [0, 0.05) is 11.1 Å². The number of fused-ring (bicyclic) bond motifs is 1. The predicted molar refractivity (Wildman–Crippen MR) is 113 cm³/mol. The van der Waals surface area contributed by atoms with Gasteiger partial charge < -0.3 is 4.74 Å². The van der Waals surface area contributed by atoms with Gasteiger partial charge in [-0.2, -0.15) is 0 Å². The first-order valence-electron chi connectivity index (χ1n) is 9.91. The zero-order valence-corrected chi connectivity index (χ0v) is 16.2. The fourth-order valence-corrected chi connectivity index (χ4v) is 4.00. The van der Waals surface area contributed by atoms with Crippen molar-refractivity contribution in [2.24, 2.45) is 5.92 Å². The highest BCUT2D eigenvalue weighted by Crippen LogP contribution is 2.35. The van der Waals surface area contributed by atoms with Crippen LogP contribution in [0.25, 0.3) is 10.8 Å². The lowest BCUT2D eigenvalue weighted by atomic mass is 9.79. The van der Waals surface area contributed by atoms with Crippen LogP contribution < -0.4 is 4.74 Å². The van der Waals surface area contributed by atoms with Gasteiger partial charge in [-0.25, -0.2) is 0 Å². The summed E-state index contributed by atoms with van der Waals surface area (Å²) < 4.78 is 5.29. The monoisotopic (exact) mass is 354 g/mol. The van der Waals surface area contributed by atoms with Crippen LogP contribution in [0.15, 0.2) is 60.7 Å². The lowest BCUT2D eigenvalue weighted by molar-refractivity contribution is 0.348. The van der Waals surface area contributed by atoms with Gasteiger partial charge in [-0.3, -0.25) is 0 Å². The van der Waals surface area contributed by atoms with E-state index in [9.17, 15) is 0 Å². The molecule has 0 bridgehead atoms. The number of benzene rings is 3. The normalized spacial score (nSPS) is 19.3. The number of methoxy groups -OCH3 is 1. The van der Waals surface area contributed by atoms with Crippen molar-refractivity contribution in [3.8, 4) is 17.6 Å². The molecule has 0 atom stereocenters. The highest BCUT2D eigenvalue weighted by Gasteiger charge is 2.19. The number of rotatable bonds is 2. The van der Waals surface area contributed by atoms with E-state index in [4.69, 9.17) is 4.74 Å². The van der Waals surface area contributed by atoms with Gasteiger partial charge in [-0.05, 0) is 77.4 Å². The molecule has 3 aromatic carbocycles. The third kappa shape index (κ3) is 4.17. The number of hydrogen-bond donors (Lipinski definition) is 0. The van der Waals surface area contributed by atoms with Crippen LogP contribution in [0.1, 0.15) is 55.2 Å². The van der Waals surface area contributed by atoms with Gasteiger partial charge in [0.05, 0.1) is 7.11 Å². The summed E-state index contributed by atoms with van der Waals surface area (Å²) >= 11 is 0. The highest BCUT2D eigenvalue weighted by atomic mass is 16.5. The Morgan fingerprint density at radius 3 is 2.11 bits per heavy atom. The third-order valence-corrected chi connectivity index (χ3v) is 5.80. The van der Waals surface area contributed by atoms with Crippen LogP contribution in [0, 0.1) is 17.8 Å². The molecule has 1 nitrogen and oxygen atoms in total. The van der Waals surface area contributed by atoms with Gasteiger partial charge in [-0.15, -0.1) is 0 Å². The van der Waals surface area contributed by atoms with E-state index in [0.717, 1.165) is 28.7 Å². The summed E-state index contributed by atoms with van der Waals surface area (Å²) in [6, 6.07) is 21.3. The van der Waals surface area contributed by atoms with Crippen molar-refractivity contribution in [3.05, 3.63) is 77.4 Å². The number of ether oxygens (including phenoxy) is 1. The van der Waals surface area contributed by atoms with Crippen molar-refractivity contribution in [2.45, 2.75) is 38.5 Å². The minimum Gasteiger partial charge on any atom is -0.497 e. The fraction of sp³-hybridized carbons (Fsp3) is 0.308. The Morgan fingerprint density at radius 1 is 0.741 bits per heavy atom. The molecule has 0 unspecified atom stereocenters. The van der Waals surface area contributed by atoms with E-state index in [2.05, 4.69) is 73.4 Å². The molecule has 0 heterocycles. The molecule has 0 aliphatic heterocycles. The second kappa shape index (κ2) is 7.89. The average molecular weight is 354 g/mol. The number of hydrogen-bond acceptors (Lipinski definition) is 1. The minimum absolute atomic E-state index is 0.737. The maximum Gasteiger partial charge on any atom is 0.119 e. The van der Waals surface area contributed by atoms with Crippen LogP contribution >= 0.6 is 0 Å². The van der Waals surface area contributed by atoms with Crippen molar-refractivity contribution in [1.29, 1.82) is 0 Å². The Morgan fingerprint density at radius 2 is 1.37 bits per heavy atom. The SMILES string of the molecule is COc1ccc2cc(C#Cc3ccc([C@H]4CC[C@H](C)CC4)cc3)ccc2c1. The smallest absolute Gasteiger partial charge is 0.119 e. The van der Waals surface area contributed by atoms with Crippen LogP contribution in [-0.4, -0.2) is 7.11 Å². The van der Waals surface area contributed by atoms with Gasteiger partial charge in [0.1, 0.15) is 5.75 Å². The van der Waals surface area contributed by atoms with Gasteiger partial charge in [0.15, 0.2) is 0 Å². The highest BCUT2D eigenvalue weighted by molar-refractivity contribution is 5.85. The van der Waals surface area contributed by atoms with Crippen LogP contribution in [0.2, 0.25) is 0 Å². The molecule has 0 saturated heterocycles. The maximum atomic E-state index is 5.29. The summed E-state index contributed by atoms with van der Waals surface area (Å²) in [5.74, 6) is 9.13. The van der Waals surface area contributed by atoms with Crippen LogP contribution in [0.3, 0.4) is 0 Å². The molecule has 0 N–H and O–H groups in total. The Labute approximate surface area is 162 Å². The summed E-state index contributed by atoms with van der Waals surface area (Å²) in [5.41, 5.74) is 3.60. The Hall–Kier alpha value is -2.72. The molecule has 1 saturated carbocycles. The topological polar surface area (TPSA) is 9.23 Å². The molecule has 136 valence electrons. The predicted octanol–water partition coefficient (Wildman–Crippen LogP) is 6.54. The molecule has 3 aromatic rings. The Balaban J connectivity index is 1.49. The Kier molecular flexibility index (Phi) is 5.16. The molecule has 1 aliphatic rings. The molecule has 1 aliphatic carbocycles. The zero-order valence-electron chi connectivity index (χ0n) is 16.2. The summed E-state index contributed by atoms with van der Waals surface area (Å²) in [7, 11) is 1.70. The van der Waals surface area contributed by atoms with Crippen molar-refractivity contribution in [2.75, 3.05) is 7.11 Å². The zero-order chi connectivity index (χ0) is 18.6. The molecule has 0 amide bonds. The van der Waals surface area contributed by atoms with E-state index in [1.54, 1.807) is 7.11 Å². The van der Waals surface area contributed by atoms with Gasteiger partial charge in [-0.1, -0.05) is 55.9 Å². The second-order valence-electron chi connectivity index (χ2n) is 7.76. The molecule has 1 heteroatoms. The van der Waals surface area contributed by atoms with E-state index in [0.29, 0.717) is 0 Å². The molecular weight excluding hydrogens is 328 g/mol. The first-order valence-corrected chi connectivity index (χ1v) is 9.91. The molecule has 0 spiro atoms. The third-order valence-electron chi connectivity index (χ3n) is 5.80. The van der Waals surface area contributed by atoms with Gasteiger partial charge >= 0.3 is 0 Å². The Bertz CT molecular complexity index is 980. The van der Waals surface area contributed by atoms with Crippen molar-refractivity contribution < 1.29 is 4.74 Å². The standard InChI is InChI=1S/C26H26O/c1-19-3-10-22(11-4-19)23-12-7-20(8-13-23)5-6-21-9-14-25-18-26(27-2)16-15-24(25)17-21/h7-9,12-19,22H,3-4,10-11H2,1-2H3/t19-,22-. The largest absolute Gasteiger partial charge is 0.497 e. The summed E-state index contributed by atoms with van der Waals surface area (Å²) in [5, 5.41) is 2.36. The van der Waals surface area contributed by atoms with E-state index < -0.39 is 0 Å². The summed E-state index contributed by atoms with van der Waals surface area (Å²) in [4.78, 5) is 0. The minimum atomic E-state index is 0.737. The van der Waals surface area contributed by atoms with Gasteiger partial charge in [0.25, 0.3) is 0 Å². The fourth-order valence-electron chi connectivity index (χ4n) is 4.00. The summed E-state index contributed by atoms with van der Waals surface area (Å²) in [6.07, 6.45) is 5.38.